The molecule has 1 amide bonds. The molecule has 9 heteroatoms. The van der Waals surface area contributed by atoms with Crippen LogP contribution in [0.2, 0.25) is 10.0 Å². The van der Waals surface area contributed by atoms with Crippen molar-refractivity contribution in [3.8, 4) is 0 Å². The highest BCUT2D eigenvalue weighted by atomic mass is 35.5. The lowest BCUT2D eigenvalue weighted by atomic mass is 10.1. The van der Waals surface area contributed by atoms with Crippen LogP contribution in [0.15, 0.2) is 23.1 Å². The first-order valence-electron chi connectivity index (χ1n) is 7.80. The number of rotatable bonds is 6. The summed E-state index contributed by atoms with van der Waals surface area (Å²) in [5, 5.41) is 2.94. The Hall–Kier alpha value is -0.860. The third kappa shape index (κ3) is 4.40. The summed E-state index contributed by atoms with van der Waals surface area (Å²) < 4.78 is 27.5. The highest BCUT2D eigenvalue weighted by Crippen LogP contribution is 2.34. The number of benzene rings is 1. The zero-order valence-electron chi connectivity index (χ0n) is 13.2. The van der Waals surface area contributed by atoms with E-state index >= 15 is 0 Å². The Morgan fingerprint density at radius 3 is 2.58 bits per heavy atom. The number of nitrogens with one attached hydrogen (secondary N) is 1. The Morgan fingerprint density at radius 2 is 1.96 bits per heavy atom. The monoisotopic (exact) mass is 393 g/mol. The van der Waals surface area contributed by atoms with Crippen LogP contribution < -0.4 is 11.1 Å². The molecule has 1 aliphatic rings. The standard InChI is InChI=1S/C15H21Cl2N3O3S/c16-12-5-3-6-13(17)15(12)24(22,23)20-9-2-1-4-11(20)10-19-14(21)7-8-18/h3,5-6,11H,1-2,4,7-10,18H2,(H,19,21). The second-order valence-corrected chi connectivity index (χ2v) is 8.30. The van der Waals surface area contributed by atoms with E-state index in [-0.39, 0.29) is 46.4 Å². The minimum atomic E-state index is -3.84. The molecule has 2 rings (SSSR count). The van der Waals surface area contributed by atoms with Gasteiger partial charge in [0.15, 0.2) is 0 Å². The topological polar surface area (TPSA) is 92.5 Å². The van der Waals surface area contributed by atoms with Crippen molar-refractivity contribution < 1.29 is 13.2 Å². The maximum atomic E-state index is 13.0. The molecule has 24 heavy (non-hydrogen) atoms. The fourth-order valence-corrected chi connectivity index (χ4v) is 5.58. The van der Waals surface area contributed by atoms with Gasteiger partial charge in [-0.25, -0.2) is 8.42 Å². The van der Waals surface area contributed by atoms with E-state index < -0.39 is 10.0 Å². The molecular weight excluding hydrogens is 373 g/mol. The van der Waals surface area contributed by atoms with Gasteiger partial charge in [0.2, 0.25) is 15.9 Å². The molecule has 1 saturated heterocycles. The number of piperidine rings is 1. The van der Waals surface area contributed by atoms with E-state index in [0.29, 0.717) is 13.0 Å². The van der Waals surface area contributed by atoms with Gasteiger partial charge in [-0.2, -0.15) is 4.31 Å². The van der Waals surface area contributed by atoms with E-state index in [1.807, 2.05) is 0 Å². The van der Waals surface area contributed by atoms with Crippen molar-refractivity contribution in [3.63, 3.8) is 0 Å². The first-order chi connectivity index (χ1) is 11.4. The molecule has 1 atom stereocenters. The van der Waals surface area contributed by atoms with Gasteiger partial charge in [0, 0.05) is 32.1 Å². The summed E-state index contributed by atoms with van der Waals surface area (Å²) in [5.41, 5.74) is 5.35. The summed E-state index contributed by atoms with van der Waals surface area (Å²) in [6, 6.07) is 4.28. The fraction of sp³-hybridized carbons (Fsp3) is 0.533. The van der Waals surface area contributed by atoms with E-state index in [0.717, 1.165) is 12.8 Å². The SMILES string of the molecule is NCCC(=O)NCC1CCCCN1S(=O)(=O)c1c(Cl)cccc1Cl. The van der Waals surface area contributed by atoms with Crippen LogP contribution in [0.25, 0.3) is 0 Å². The molecule has 1 fully saturated rings. The van der Waals surface area contributed by atoms with E-state index in [2.05, 4.69) is 5.32 Å². The molecule has 1 unspecified atom stereocenters. The smallest absolute Gasteiger partial charge is 0.246 e. The number of hydrogen-bond donors (Lipinski definition) is 2. The van der Waals surface area contributed by atoms with Gasteiger partial charge in [0.1, 0.15) is 4.90 Å². The van der Waals surface area contributed by atoms with Crippen molar-refractivity contribution in [2.75, 3.05) is 19.6 Å². The number of halogens is 2. The third-order valence-electron chi connectivity index (χ3n) is 3.96. The first kappa shape index (κ1) is 19.5. The van der Waals surface area contributed by atoms with Crippen molar-refractivity contribution >= 4 is 39.1 Å². The average molecular weight is 394 g/mol. The van der Waals surface area contributed by atoms with Gasteiger partial charge in [-0.3, -0.25) is 4.79 Å². The number of hydrogen-bond acceptors (Lipinski definition) is 4. The number of amides is 1. The van der Waals surface area contributed by atoms with Crippen LogP contribution in [-0.4, -0.2) is 44.3 Å². The summed E-state index contributed by atoms with van der Waals surface area (Å²) in [5.74, 6) is -0.184. The van der Waals surface area contributed by atoms with Crippen LogP contribution in [-0.2, 0) is 14.8 Å². The average Bonchev–Trinajstić information content (AvgIpc) is 2.53. The van der Waals surface area contributed by atoms with Crippen LogP contribution in [0.5, 0.6) is 0 Å². The maximum absolute atomic E-state index is 13.0. The van der Waals surface area contributed by atoms with Crippen molar-refractivity contribution in [3.05, 3.63) is 28.2 Å². The zero-order chi connectivity index (χ0) is 17.7. The number of sulfonamides is 1. The highest BCUT2D eigenvalue weighted by Gasteiger charge is 2.36. The molecule has 1 aromatic carbocycles. The minimum absolute atomic E-state index is 0.0754. The van der Waals surface area contributed by atoms with Gasteiger partial charge in [0.05, 0.1) is 10.0 Å². The molecule has 0 saturated carbocycles. The lowest BCUT2D eigenvalue weighted by Gasteiger charge is -2.35. The van der Waals surface area contributed by atoms with Crippen molar-refractivity contribution in [2.24, 2.45) is 5.73 Å². The van der Waals surface area contributed by atoms with E-state index in [9.17, 15) is 13.2 Å². The van der Waals surface area contributed by atoms with Gasteiger partial charge < -0.3 is 11.1 Å². The second-order valence-electron chi connectivity index (χ2n) is 5.66. The van der Waals surface area contributed by atoms with Crippen molar-refractivity contribution in [1.29, 1.82) is 0 Å². The molecule has 1 aliphatic heterocycles. The van der Waals surface area contributed by atoms with Crippen LogP contribution in [0.1, 0.15) is 25.7 Å². The largest absolute Gasteiger partial charge is 0.354 e. The van der Waals surface area contributed by atoms with E-state index in [1.165, 1.54) is 16.4 Å². The van der Waals surface area contributed by atoms with Gasteiger partial charge in [-0.1, -0.05) is 35.7 Å². The van der Waals surface area contributed by atoms with Gasteiger partial charge in [0.25, 0.3) is 0 Å². The number of nitrogens with two attached hydrogens (primary N) is 1. The van der Waals surface area contributed by atoms with Crippen LogP contribution in [0.4, 0.5) is 0 Å². The molecule has 1 heterocycles. The highest BCUT2D eigenvalue weighted by molar-refractivity contribution is 7.89. The molecule has 0 radical (unpaired) electrons. The predicted octanol–water partition coefficient (Wildman–Crippen LogP) is 2.00. The second kappa shape index (κ2) is 8.49. The molecule has 3 N–H and O–H groups in total. The summed E-state index contributed by atoms with van der Waals surface area (Å²) >= 11 is 12.2. The van der Waals surface area contributed by atoms with E-state index in [1.54, 1.807) is 6.07 Å². The minimum Gasteiger partial charge on any atom is -0.354 e. The fourth-order valence-electron chi connectivity index (χ4n) is 2.79. The lowest BCUT2D eigenvalue weighted by Crippen LogP contribution is -2.49. The molecule has 134 valence electrons. The Balaban J connectivity index is 2.24. The number of nitrogens with zero attached hydrogens (tertiary/aromatic N) is 1. The quantitative estimate of drug-likeness (QED) is 0.772. The molecule has 0 bridgehead atoms. The molecule has 0 aromatic heterocycles. The Bertz CT molecular complexity index is 677. The Labute approximate surface area is 152 Å². The van der Waals surface area contributed by atoms with Crippen molar-refractivity contribution in [2.45, 2.75) is 36.6 Å². The Morgan fingerprint density at radius 1 is 1.29 bits per heavy atom. The molecule has 0 spiro atoms. The Kier molecular flexibility index (Phi) is 6.88. The number of carbonyl (C=O) groups is 1. The molecule has 0 aliphatic carbocycles. The third-order valence-corrected chi connectivity index (χ3v) is 6.87. The summed E-state index contributed by atoms with van der Waals surface area (Å²) in [6.07, 6.45) is 2.55. The van der Waals surface area contributed by atoms with Gasteiger partial charge >= 0.3 is 0 Å². The molecular formula is C15H21Cl2N3O3S. The summed E-state index contributed by atoms with van der Waals surface area (Å²) in [7, 11) is -3.84. The predicted molar refractivity (Wildman–Crippen MR) is 94.7 cm³/mol. The molecule has 6 nitrogen and oxygen atoms in total. The van der Waals surface area contributed by atoms with E-state index in [4.69, 9.17) is 28.9 Å². The van der Waals surface area contributed by atoms with Crippen LogP contribution in [0, 0.1) is 0 Å². The van der Waals surface area contributed by atoms with Crippen LogP contribution in [0.3, 0.4) is 0 Å². The molecule has 1 aromatic rings. The van der Waals surface area contributed by atoms with Gasteiger partial charge in [-0.15, -0.1) is 0 Å². The van der Waals surface area contributed by atoms with Crippen LogP contribution >= 0.6 is 23.2 Å². The number of carbonyl (C=O) groups excluding carboxylic acids is 1. The van der Waals surface area contributed by atoms with Gasteiger partial charge in [-0.05, 0) is 25.0 Å². The van der Waals surface area contributed by atoms with Crippen molar-refractivity contribution in [1.82, 2.24) is 9.62 Å². The maximum Gasteiger partial charge on any atom is 0.246 e. The summed E-state index contributed by atoms with van der Waals surface area (Å²) in [6.45, 7) is 0.884. The zero-order valence-corrected chi connectivity index (χ0v) is 15.5. The first-order valence-corrected chi connectivity index (χ1v) is 10.00. The lowest BCUT2D eigenvalue weighted by molar-refractivity contribution is -0.121. The summed E-state index contributed by atoms with van der Waals surface area (Å²) in [4.78, 5) is 11.5. The normalized spacial score (nSPS) is 19.2.